The number of hydrogen-bond donors (Lipinski definition) is 2. The van der Waals surface area contributed by atoms with Crippen LogP contribution in [0.15, 0.2) is 24.3 Å². The summed E-state index contributed by atoms with van der Waals surface area (Å²) in [6.07, 6.45) is 1.57. The number of piperidine rings is 1. The van der Waals surface area contributed by atoms with E-state index in [1.807, 2.05) is 30.0 Å². The largest absolute Gasteiger partial charge is 0.393 e. The first-order valence-electron chi connectivity index (χ1n) is 9.31. The molecule has 6 nitrogen and oxygen atoms in total. The topological polar surface area (TPSA) is 59.1 Å². The second-order valence-corrected chi connectivity index (χ2v) is 7.33. The van der Waals surface area contributed by atoms with Gasteiger partial charge in [0.05, 0.1) is 17.5 Å². The number of urea groups is 1. The van der Waals surface area contributed by atoms with Crippen LogP contribution < -0.4 is 10.2 Å². The van der Waals surface area contributed by atoms with Crippen LogP contribution in [0.1, 0.15) is 19.8 Å². The maximum absolute atomic E-state index is 12.7. The number of nitrogens with zero attached hydrogens (tertiary/aromatic N) is 3. The van der Waals surface area contributed by atoms with E-state index in [-0.39, 0.29) is 18.1 Å². The van der Waals surface area contributed by atoms with Crippen LogP contribution in [-0.4, -0.2) is 73.4 Å². The van der Waals surface area contributed by atoms with Crippen LogP contribution in [-0.2, 0) is 0 Å². The summed E-state index contributed by atoms with van der Waals surface area (Å²) in [5, 5.41) is 12.9. The quantitative estimate of drug-likeness (QED) is 0.880. The first-order chi connectivity index (χ1) is 12.0. The van der Waals surface area contributed by atoms with Gasteiger partial charge in [-0.15, -0.1) is 0 Å². The average Bonchev–Trinajstić information content (AvgIpc) is 2.63. The molecular weight excluding hydrogens is 316 g/mol. The number of amides is 2. The summed E-state index contributed by atoms with van der Waals surface area (Å²) >= 11 is 0. The van der Waals surface area contributed by atoms with Crippen LogP contribution in [0, 0.1) is 5.92 Å². The Bertz CT molecular complexity index is 585. The molecular formula is C19H30N4O2. The summed E-state index contributed by atoms with van der Waals surface area (Å²) in [7, 11) is 2.14. The van der Waals surface area contributed by atoms with Crippen molar-refractivity contribution in [3.05, 3.63) is 24.3 Å². The van der Waals surface area contributed by atoms with Gasteiger partial charge in [0, 0.05) is 45.2 Å². The smallest absolute Gasteiger partial charge is 0.321 e. The van der Waals surface area contributed by atoms with Crippen molar-refractivity contribution in [3.63, 3.8) is 0 Å². The van der Waals surface area contributed by atoms with Crippen LogP contribution in [0.3, 0.4) is 0 Å². The minimum absolute atomic E-state index is 0.0630. The number of aliphatic hydroxyl groups excluding tert-OH is 1. The lowest BCUT2D eigenvalue weighted by Crippen LogP contribution is -2.46. The van der Waals surface area contributed by atoms with E-state index in [4.69, 9.17) is 0 Å². The van der Waals surface area contributed by atoms with Gasteiger partial charge < -0.3 is 25.1 Å². The third-order valence-corrected chi connectivity index (χ3v) is 5.42. The molecule has 2 atom stereocenters. The minimum atomic E-state index is -0.367. The summed E-state index contributed by atoms with van der Waals surface area (Å²) in [6.45, 7) is 7.20. The van der Waals surface area contributed by atoms with Gasteiger partial charge in [0.15, 0.2) is 0 Å². The SMILES string of the molecule is CC(O)C1CCCN(C(=O)Nc2ccccc2N2CCN(C)CC2)C1. The molecule has 2 heterocycles. The molecule has 6 heteroatoms. The molecule has 2 amide bonds. The van der Waals surface area contributed by atoms with Gasteiger partial charge in [-0.2, -0.15) is 0 Å². The Hall–Kier alpha value is -1.79. The number of anilines is 2. The van der Waals surface area contributed by atoms with E-state index >= 15 is 0 Å². The van der Waals surface area contributed by atoms with E-state index in [9.17, 15) is 9.90 Å². The van der Waals surface area contributed by atoms with E-state index in [1.54, 1.807) is 0 Å². The molecule has 1 aromatic carbocycles. The molecule has 2 unspecified atom stereocenters. The molecule has 2 saturated heterocycles. The molecule has 3 rings (SSSR count). The number of likely N-dealkylation sites (tertiary alicyclic amines) is 1. The Balaban J connectivity index is 1.67. The Morgan fingerprint density at radius 3 is 2.64 bits per heavy atom. The number of piperazine rings is 1. The molecule has 0 bridgehead atoms. The fourth-order valence-corrected chi connectivity index (χ4v) is 3.68. The monoisotopic (exact) mass is 346 g/mol. The lowest BCUT2D eigenvalue weighted by molar-refractivity contribution is 0.0766. The van der Waals surface area contributed by atoms with Gasteiger partial charge in [0.25, 0.3) is 0 Å². The van der Waals surface area contributed by atoms with Gasteiger partial charge in [-0.3, -0.25) is 0 Å². The Kier molecular flexibility index (Phi) is 5.81. The molecule has 0 saturated carbocycles. The number of likely N-dealkylation sites (N-methyl/N-ethyl adjacent to an activating group) is 1. The second-order valence-electron chi connectivity index (χ2n) is 7.33. The number of hydrogen-bond acceptors (Lipinski definition) is 4. The number of benzene rings is 1. The van der Waals surface area contributed by atoms with Crippen molar-refractivity contribution in [2.75, 3.05) is 56.5 Å². The molecule has 0 radical (unpaired) electrons. The van der Waals surface area contributed by atoms with Crippen LogP contribution >= 0.6 is 0 Å². The normalized spacial score (nSPS) is 23.4. The zero-order valence-electron chi connectivity index (χ0n) is 15.3. The van der Waals surface area contributed by atoms with Gasteiger partial charge in [-0.25, -0.2) is 4.79 Å². The molecule has 2 N–H and O–H groups in total. The van der Waals surface area contributed by atoms with E-state index in [0.29, 0.717) is 6.54 Å². The lowest BCUT2D eigenvalue weighted by atomic mass is 9.94. The Morgan fingerprint density at radius 2 is 1.92 bits per heavy atom. The van der Waals surface area contributed by atoms with Gasteiger partial charge in [0.2, 0.25) is 0 Å². The predicted octanol–water partition coefficient (Wildman–Crippen LogP) is 2.06. The Morgan fingerprint density at radius 1 is 1.20 bits per heavy atom. The molecule has 2 aliphatic heterocycles. The van der Waals surface area contributed by atoms with Crippen molar-refractivity contribution in [1.29, 1.82) is 0 Å². The number of rotatable bonds is 3. The van der Waals surface area contributed by atoms with Gasteiger partial charge in [0.1, 0.15) is 0 Å². The number of carbonyl (C=O) groups is 1. The van der Waals surface area contributed by atoms with Crippen LogP contribution in [0.5, 0.6) is 0 Å². The molecule has 2 fully saturated rings. The number of nitrogens with one attached hydrogen (secondary N) is 1. The highest BCUT2D eigenvalue weighted by atomic mass is 16.3. The maximum atomic E-state index is 12.7. The average molecular weight is 346 g/mol. The van der Waals surface area contributed by atoms with E-state index in [2.05, 4.69) is 28.2 Å². The highest BCUT2D eigenvalue weighted by Crippen LogP contribution is 2.27. The van der Waals surface area contributed by atoms with Crippen LogP contribution in [0.25, 0.3) is 0 Å². The zero-order valence-corrected chi connectivity index (χ0v) is 15.3. The summed E-state index contributed by atoms with van der Waals surface area (Å²) in [5.41, 5.74) is 1.96. The number of para-hydroxylation sites is 2. The zero-order chi connectivity index (χ0) is 17.8. The van der Waals surface area contributed by atoms with Crippen molar-refractivity contribution in [2.45, 2.75) is 25.9 Å². The molecule has 25 heavy (non-hydrogen) atoms. The minimum Gasteiger partial charge on any atom is -0.393 e. The molecule has 0 aromatic heterocycles. The molecule has 1 aromatic rings. The van der Waals surface area contributed by atoms with Gasteiger partial charge >= 0.3 is 6.03 Å². The highest BCUT2D eigenvalue weighted by molar-refractivity contribution is 5.93. The van der Waals surface area contributed by atoms with Crippen molar-refractivity contribution in [1.82, 2.24) is 9.80 Å². The van der Waals surface area contributed by atoms with E-state index in [0.717, 1.165) is 56.9 Å². The van der Waals surface area contributed by atoms with Crippen LogP contribution in [0.4, 0.5) is 16.2 Å². The highest BCUT2D eigenvalue weighted by Gasteiger charge is 2.27. The maximum Gasteiger partial charge on any atom is 0.321 e. The summed E-state index contributed by atoms with van der Waals surface area (Å²) in [6, 6.07) is 7.97. The number of carbonyl (C=O) groups excluding carboxylic acids is 1. The number of aliphatic hydroxyl groups is 1. The summed E-state index contributed by atoms with van der Waals surface area (Å²) in [5.74, 6) is 0.173. The fraction of sp³-hybridized carbons (Fsp3) is 0.632. The third kappa shape index (κ3) is 4.44. The fourth-order valence-electron chi connectivity index (χ4n) is 3.68. The Labute approximate surface area is 150 Å². The molecule has 0 spiro atoms. The van der Waals surface area contributed by atoms with Gasteiger partial charge in [-0.05, 0) is 38.9 Å². The first kappa shape index (κ1) is 18.0. The molecule has 138 valence electrons. The van der Waals surface area contributed by atoms with E-state index in [1.165, 1.54) is 0 Å². The molecule has 2 aliphatic rings. The lowest BCUT2D eigenvalue weighted by Gasteiger charge is -2.36. The first-order valence-corrected chi connectivity index (χ1v) is 9.31. The predicted molar refractivity (Wildman–Crippen MR) is 101 cm³/mol. The van der Waals surface area contributed by atoms with Crippen molar-refractivity contribution < 1.29 is 9.90 Å². The second kappa shape index (κ2) is 8.06. The summed E-state index contributed by atoms with van der Waals surface area (Å²) in [4.78, 5) is 19.2. The summed E-state index contributed by atoms with van der Waals surface area (Å²) < 4.78 is 0. The van der Waals surface area contributed by atoms with Crippen molar-refractivity contribution in [2.24, 2.45) is 5.92 Å². The van der Waals surface area contributed by atoms with Crippen molar-refractivity contribution >= 4 is 17.4 Å². The third-order valence-electron chi connectivity index (χ3n) is 5.42. The molecule has 0 aliphatic carbocycles. The van der Waals surface area contributed by atoms with Gasteiger partial charge in [-0.1, -0.05) is 12.1 Å². The van der Waals surface area contributed by atoms with E-state index < -0.39 is 0 Å². The van der Waals surface area contributed by atoms with Crippen molar-refractivity contribution in [3.8, 4) is 0 Å². The van der Waals surface area contributed by atoms with Crippen LogP contribution in [0.2, 0.25) is 0 Å². The standard InChI is InChI=1S/C19H30N4O2/c1-15(24)16-6-5-9-23(14-16)19(25)20-17-7-3-4-8-18(17)22-12-10-21(2)11-13-22/h3-4,7-8,15-16,24H,5-6,9-14H2,1-2H3,(H,20,25).